The zero-order chi connectivity index (χ0) is 21.5. The highest BCUT2D eigenvalue weighted by Crippen LogP contribution is 2.40. The van der Waals surface area contributed by atoms with Crippen LogP contribution >= 0.6 is 0 Å². The molecule has 0 saturated heterocycles. The molecule has 0 radical (unpaired) electrons. The minimum absolute atomic E-state index is 0.0824. The van der Waals surface area contributed by atoms with Gasteiger partial charge < -0.3 is 16.0 Å². The predicted octanol–water partition coefficient (Wildman–Crippen LogP) is 4.27. The first-order valence-corrected chi connectivity index (χ1v) is 10.8. The van der Waals surface area contributed by atoms with Gasteiger partial charge in [-0.1, -0.05) is 36.4 Å². The van der Waals surface area contributed by atoms with Crippen molar-refractivity contribution in [3.63, 3.8) is 0 Å². The number of carbonyl (C=O) groups excluding carboxylic acids is 1. The van der Waals surface area contributed by atoms with E-state index in [-0.39, 0.29) is 23.5 Å². The molecular formula is C25H32N4O. The van der Waals surface area contributed by atoms with E-state index in [4.69, 9.17) is 5.73 Å². The number of nitrogens with two attached hydrogens (primary N) is 1. The van der Waals surface area contributed by atoms with Crippen molar-refractivity contribution < 1.29 is 4.79 Å². The first-order chi connectivity index (χ1) is 14.2. The van der Waals surface area contributed by atoms with Crippen LogP contribution in [-0.2, 0) is 4.79 Å². The molecule has 0 spiro atoms. The number of aliphatic imine (C=N–C) groups is 1. The molecule has 4 unspecified atom stereocenters. The minimum atomic E-state index is -0.530. The topological polar surface area (TPSA) is 70.7 Å². The lowest BCUT2D eigenvalue weighted by molar-refractivity contribution is -0.117. The fourth-order valence-corrected chi connectivity index (χ4v) is 4.72. The average Bonchev–Trinajstić information content (AvgIpc) is 2.68. The van der Waals surface area contributed by atoms with Crippen LogP contribution in [-0.4, -0.2) is 29.4 Å². The van der Waals surface area contributed by atoms with Crippen LogP contribution in [0.5, 0.6) is 0 Å². The van der Waals surface area contributed by atoms with Gasteiger partial charge in [0.1, 0.15) is 5.66 Å². The Hall–Kier alpha value is -2.50. The predicted molar refractivity (Wildman–Crippen MR) is 125 cm³/mol. The quantitative estimate of drug-likeness (QED) is 0.790. The van der Waals surface area contributed by atoms with Gasteiger partial charge in [-0.2, -0.15) is 0 Å². The molecule has 1 aromatic rings. The summed E-state index contributed by atoms with van der Waals surface area (Å²) in [6.45, 7) is 7.94. The van der Waals surface area contributed by atoms with E-state index in [1.807, 2.05) is 18.0 Å². The number of nitrogens with one attached hydrogen (secondary N) is 1. The molecule has 4 atom stereocenters. The Labute approximate surface area is 179 Å². The largest absolute Gasteiger partial charge is 0.309 e. The summed E-state index contributed by atoms with van der Waals surface area (Å²) < 4.78 is 0. The smallest absolute Gasteiger partial charge is 0.224 e. The van der Waals surface area contributed by atoms with Gasteiger partial charge in [0.15, 0.2) is 0 Å². The van der Waals surface area contributed by atoms with Gasteiger partial charge in [-0.25, -0.2) is 0 Å². The molecule has 5 nitrogen and oxygen atoms in total. The van der Waals surface area contributed by atoms with Crippen LogP contribution in [0, 0.1) is 0 Å². The molecule has 4 rings (SSSR count). The number of benzene rings is 1. The molecule has 3 aliphatic rings. The number of dihydropyridines is 1. The Balaban J connectivity index is 1.73. The zero-order valence-corrected chi connectivity index (χ0v) is 18.4. The molecule has 1 amide bonds. The third kappa shape index (κ3) is 4.05. The summed E-state index contributed by atoms with van der Waals surface area (Å²) in [5, 5.41) is 3.87. The highest BCUT2D eigenvalue weighted by Gasteiger charge is 2.35. The normalized spacial score (nSPS) is 32.7. The molecule has 30 heavy (non-hydrogen) atoms. The van der Waals surface area contributed by atoms with E-state index in [2.05, 4.69) is 72.7 Å². The maximum atomic E-state index is 12.4. The van der Waals surface area contributed by atoms with Crippen LogP contribution in [0.25, 0.3) is 5.57 Å². The maximum Gasteiger partial charge on any atom is 0.224 e. The number of allylic oxidation sites excluding steroid dienone is 3. The SMILES string of the molecule is CC(=O)N1c2ccc(C3=CCC(C)(N)N=C3)cc2C(NC2(C)C=CC=CC2)CC1C. The van der Waals surface area contributed by atoms with E-state index in [1.54, 1.807) is 6.92 Å². The molecule has 2 aliphatic heterocycles. The van der Waals surface area contributed by atoms with Crippen molar-refractivity contribution in [3.05, 3.63) is 59.7 Å². The number of fused-ring (bicyclic) bond motifs is 1. The fourth-order valence-electron chi connectivity index (χ4n) is 4.72. The lowest BCUT2D eigenvalue weighted by atomic mass is 9.85. The summed E-state index contributed by atoms with van der Waals surface area (Å²) in [7, 11) is 0. The highest BCUT2D eigenvalue weighted by atomic mass is 16.2. The van der Waals surface area contributed by atoms with Gasteiger partial charge in [0, 0.05) is 42.9 Å². The molecule has 2 heterocycles. The van der Waals surface area contributed by atoms with E-state index in [9.17, 15) is 4.79 Å². The van der Waals surface area contributed by atoms with E-state index in [0.717, 1.165) is 29.7 Å². The van der Waals surface area contributed by atoms with Gasteiger partial charge in [0.25, 0.3) is 0 Å². The Morgan fingerprint density at radius 3 is 2.70 bits per heavy atom. The number of nitrogens with zero attached hydrogens (tertiary/aromatic N) is 2. The molecule has 158 valence electrons. The van der Waals surface area contributed by atoms with Crippen LogP contribution in [0.15, 0.2) is 53.6 Å². The fraction of sp³-hybridized carbons (Fsp3) is 0.440. The van der Waals surface area contributed by atoms with Gasteiger partial charge in [0.2, 0.25) is 5.91 Å². The summed E-state index contributed by atoms with van der Waals surface area (Å²) in [6, 6.07) is 6.69. The van der Waals surface area contributed by atoms with Crippen molar-refractivity contribution in [1.82, 2.24) is 5.32 Å². The number of carbonyl (C=O) groups is 1. The Kier molecular flexibility index (Phi) is 5.28. The number of anilines is 1. The number of hydrogen-bond donors (Lipinski definition) is 2. The van der Waals surface area contributed by atoms with Crippen molar-refractivity contribution in [2.24, 2.45) is 10.7 Å². The molecule has 1 aromatic carbocycles. The molecule has 0 fully saturated rings. The van der Waals surface area contributed by atoms with Gasteiger partial charge in [-0.15, -0.1) is 0 Å². The van der Waals surface area contributed by atoms with E-state index >= 15 is 0 Å². The van der Waals surface area contributed by atoms with Crippen molar-refractivity contribution in [2.45, 2.75) is 70.2 Å². The first-order valence-electron chi connectivity index (χ1n) is 10.8. The van der Waals surface area contributed by atoms with Crippen molar-refractivity contribution in [2.75, 3.05) is 4.90 Å². The van der Waals surface area contributed by atoms with Crippen molar-refractivity contribution >= 4 is 23.4 Å². The maximum absolute atomic E-state index is 12.4. The van der Waals surface area contributed by atoms with Crippen LogP contribution in [0.3, 0.4) is 0 Å². The molecular weight excluding hydrogens is 372 g/mol. The average molecular weight is 405 g/mol. The lowest BCUT2D eigenvalue weighted by Crippen LogP contribution is -2.49. The Bertz CT molecular complexity index is 971. The monoisotopic (exact) mass is 404 g/mol. The summed E-state index contributed by atoms with van der Waals surface area (Å²) in [4.78, 5) is 18.9. The summed E-state index contributed by atoms with van der Waals surface area (Å²) >= 11 is 0. The van der Waals surface area contributed by atoms with Gasteiger partial charge in [0.05, 0.1) is 0 Å². The van der Waals surface area contributed by atoms with Gasteiger partial charge in [-0.05, 0) is 62.4 Å². The Morgan fingerprint density at radius 1 is 1.27 bits per heavy atom. The van der Waals surface area contributed by atoms with Crippen molar-refractivity contribution in [1.29, 1.82) is 0 Å². The molecule has 0 saturated carbocycles. The first kappa shape index (κ1) is 20.8. The summed E-state index contributed by atoms with van der Waals surface area (Å²) in [6.07, 6.45) is 15.2. The zero-order valence-electron chi connectivity index (χ0n) is 18.4. The van der Waals surface area contributed by atoms with Crippen LogP contribution < -0.4 is 16.0 Å². The number of hydrogen-bond acceptors (Lipinski definition) is 4. The third-order valence-electron chi connectivity index (χ3n) is 6.34. The van der Waals surface area contributed by atoms with Crippen LogP contribution in [0.4, 0.5) is 5.69 Å². The lowest BCUT2D eigenvalue weighted by Gasteiger charge is -2.43. The molecule has 0 aromatic heterocycles. The van der Waals surface area contributed by atoms with E-state index in [0.29, 0.717) is 6.42 Å². The highest BCUT2D eigenvalue weighted by molar-refractivity contribution is 6.11. The number of amides is 1. The molecule has 3 N–H and O–H groups in total. The van der Waals surface area contributed by atoms with Crippen molar-refractivity contribution in [3.8, 4) is 0 Å². The van der Waals surface area contributed by atoms with E-state index in [1.165, 1.54) is 5.56 Å². The summed E-state index contributed by atoms with van der Waals surface area (Å²) in [5.74, 6) is 0.0824. The summed E-state index contributed by atoms with van der Waals surface area (Å²) in [5.41, 5.74) is 9.86. The van der Waals surface area contributed by atoms with Crippen LogP contribution in [0.1, 0.15) is 64.1 Å². The number of rotatable bonds is 3. The Morgan fingerprint density at radius 2 is 2.07 bits per heavy atom. The van der Waals surface area contributed by atoms with Gasteiger partial charge >= 0.3 is 0 Å². The molecule has 5 heteroatoms. The van der Waals surface area contributed by atoms with E-state index < -0.39 is 5.66 Å². The second-order valence-corrected chi connectivity index (χ2v) is 9.33. The standard InChI is InChI=1S/C25H32N4O/c1-17-14-22(28-24(3)11-6-5-7-12-24)21-15-19(8-9-23(21)29(17)18(2)30)20-10-13-25(4,26)27-16-20/h5-11,15-17,22,28H,12-14,26H2,1-4H3. The molecule has 0 bridgehead atoms. The van der Waals surface area contributed by atoms with Gasteiger partial charge in [-0.3, -0.25) is 9.79 Å². The molecule has 1 aliphatic carbocycles. The second-order valence-electron chi connectivity index (χ2n) is 9.33. The third-order valence-corrected chi connectivity index (χ3v) is 6.34. The van der Waals surface area contributed by atoms with Crippen LogP contribution in [0.2, 0.25) is 0 Å². The second kappa shape index (κ2) is 7.64. The minimum Gasteiger partial charge on any atom is -0.309 e.